The second-order valence-electron chi connectivity index (χ2n) is 6.25. The first kappa shape index (κ1) is 22.6. The van der Waals surface area contributed by atoms with Gasteiger partial charge in [0.2, 0.25) is 0 Å². The van der Waals surface area contributed by atoms with Crippen molar-refractivity contribution in [2.75, 3.05) is 6.61 Å². The molecule has 0 aliphatic carbocycles. The number of hydrogen-bond acceptors (Lipinski definition) is 7. The number of halogens is 3. The first-order chi connectivity index (χ1) is 14.9. The van der Waals surface area contributed by atoms with Gasteiger partial charge in [-0.15, -0.1) is 0 Å². The number of hydrogen-bond donors (Lipinski definition) is 0. The normalized spacial score (nSPS) is 10.6. The van der Waals surface area contributed by atoms with Crippen molar-refractivity contribution < 1.29 is 23.5 Å². The van der Waals surface area contributed by atoms with Crippen LogP contribution in [0.2, 0.25) is 10.0 Å². The molecule has 0 bridgehead atoms. The molecule has 160 valence electrons. The summed E-state index contributed by atoms with van der Waals surface area (Å²) in [5.74, 6) is -1.32. The molecule has 1 aromatic carbocycles. The molecule has 0 aliphatic rings. The lowest BCUT2D eigenvalue weighted by Gasteiger charge is -2.09. The number of esters is 1. The van der Waals surface area contributed by atoms with Gasteiger partial charge in [-0.25, -0.2) is 19.3 Å². The van der Waals surface area contributed by atoms with E-state index >= 15 is 0 Å². The predicted octanol–water partition coefficient (Wildman–Crippen LogP) is 4.84. The molecule has 2 heterocycles. The molecule has 2 aromatic heterocycles. The number of ketones is 1. The fourth-order valence-electron chi connectivity index (χ4n) is 2.59. The Morgan fingerprint density at radius 1 is 1.13 bits per heavy atom. The Kier molecular flexibility index (Phi) is 7.49. The smallest absolute Gasteiger partial charge is 0.313 e. The zero-order valence-corrected chi connectivity index (χ0v) is 17.8. The van der Waals surface area contributed by atoms with Gasteiger partial charge in [0.15, 0.2) is 11.6 Å². The van der Waals surface area contributed by atoms with Crippen LogP contribution in [0.5, 0.6) is 11.6 Å². The van der Waals surface area contributed by atoms with Crippen LogP contribution in [0.1, 0.15) is 19.0 Å². The summed E-state index contributed by atoms with van der Waals surface area (Å²) in [4.78, 5) is 35.8. The average molecular weight is 464 g/mol. The van der Waals surface area contributed by atoms with Gasteiger partial charge in [0.25, 0.3) is 5.88 Å². The molecule has 0 amide bonds. The van der Waals surface area contributed by atoms with Crippen LogP contribution >= 0.6 is 23.2 Å². The quantitative estimate of drug-likeness (QED) is 0.348. The van der Waals surface area contributed by atoms with Crippen LogP contribution in [0.3, 0.4) is 0 Å². The highest BCUT2D eigenvalue weighted by Crippen LogP contribution is 2.32. The Morgan fingerprint density at radius 2 is 1.94 bits per heavy atom. The Balaban J connectivity index is 1.75. The number of carbonyl (C=O) groups is 2. The highest BCUT2D eigenvalue weighted by Gasteiger charge is 2.15. The maximum absolute atomic E-state index is 13.9. The Morgan fingerprint density at radius 3 is 2.65 bits per heavy atom. The van der Waals surface area contributed by atoms with Crippen molar-refractivity contribution in [1.82, 2.24) is 15.0 Å². The number of benzene rings is 1. The minimum Gasteiger partial charge on any atom is -0.466 e. The molecule has 31 heavy (non-hydrogen) atoms. The van der Waals surface area contributed by atoms with Crippen LogP contribution < -0.4 is 4.74 Å². The third kappa shape index (κ3) is 6.19. The van der Waals surface area contributed by atoms with Crippen LogP contribution in [0.15, 0.2) is 42.7 Å². The van der Waals surface area contributed by atoms with Crippen LogP contribution in [-0.2, 0) is 20.7 Å². The lowest BCUT2D eigenvalue weighted by atomic mass is 10.1. The molecule has 0 saturated carbocycles. The van der Waals surface area contributed by atoms with E-state index in [0.717, 1.165) is 6.07 Å². The van der Waals surface area contributed by atoms with Gasteiger partial charge in [-0.1, -0.05) is 23.2 Å². The van der Waals surface area contributed by atoms with Crippen molar-refractivity contribution in [2.45, 2.75) is 19.8 Å². The van der Waals surface area contributed by atoms with E-state index < -0.39 is 11.8 Å². The minimum absolute atomic E-state index is 0.0470. The lowest BCUT2D eigenvalue weighted by Crippen LogP contribution is -2.13. The number of rotatable bonds is 8. The van der Waals surface area contributed by atoms with E-state index in [2.05, 4.69) is 15.0 Å². The van der Waals surface area contributed by atoms with Gasteiger partial charge >= 0.3 is 5.97 Å². The standard InChI is InChI=1S/C21H16Cl2FN3O4/c1-2-30-19(29)9-14(28)8-13-5-6-25-20(27-13)16-4-3-15(10-17(16)23)31-21-18(24)7-12(22)11-26-21/h3-7,10-11H,2,8-9H2,1H3. The van der Waals surface area contributed by atoms with Crippen molar-refractivity contribution in [2.24, 2.45) is 0 Å². The number of carbonyl (C=O) groups excluding carboxylic acids is 2. The van der Waals surface area contributed by atoms with E-state index in [1.807, 2.05) is 0 Å². The van der Waals surface area contributed by atoms with Gasteiger partial charge in [-0.3, -0.25) is 9.59 Å². The summed E-state index contributed by atoms with van der Waals surface area (Å²) in [7, 11) is 0. The van der Waals surface area contributed by atoms with Crippen LogP contribution in [0.25, 0.3) is 11.4 Å². The second-order valence-corrected chi connectivity index (χ2v) is 7.10. The zero-order chi connectivity index (χ0) is 22.4. The van der Waals surface area contributed by atoms with Crippen LogP contribution in [0, 0.1) is 5.82 Å². The highest BCUT2D eigenvalue weighted by atomic mass is 35.5. The predicted molar refractivity (Wildman–Crippen MR) is 112 cm³/mol. The van der Waals surface area contributed by atoms with E-state index in [-0.39, 0.29) is 52.7 Å². The number of aromatic nitrogens is 3. The molecule has 0 atom stereocenters. The van der Waals surface area contributed by atoms with Crippen molar-refractivity contribution in [3.8, 4) is 23.0 Å². The minimum atomic E-state index is -0.712. The lowest BCUT2D eigenvalue weighted by molar-refractivity contribution is -0.145. The molecule has 0 unspecified atom stereocenters. The van der Waals surface area contributed by atoms with Crippen molar-refractivity contribution in [1.29, 1.82) is 0 Å². The van der Waals surface area contributed by atoms with Gasteiger partial charge in [0, 0.05) is 30.4 Å². The maximum atomic E-state index is 13.9. The summed E-state index contributed by atoms with van der Waals surface area (Å²) in [6.07, 6.45) is 2.38. The number of pyridine rings is 1. The molecular formula is C21H16Cl2FN3O4. The van der Waals surface area contributed by atoms with E-state index in [1.54, 1.807) is 25.1 Å². The van der Waals surface area contributed by atoms with Gasteiger partial charge in [-0.05, 0) is 31.2 Å². The van der Waals surface area contributed by atoms with Crippen molar-refractivity contribution >= 4 is 35.0 Å². The van der Waals surface area contributed by atoms with Gasteiger partial charge < -0.3 is 9.47 Å². The van der Waals surface area contributed by atoms with Gasteiger partial charge in [-0.2, -0.15) is 0 Å². The Hall–Kier alpha value is -3.10. The highest BCUT2D eigenvalue weighted by molar-refractivity contribution is 6.33. The van der Waals surface area contributed by atoms with Gasteiger partial charge in [0.1, 0.15) is 18.0 Å². The number of Topliss-reactive ketones (excluding diaryl/α,β-unsaturated/α-hetero) is 1. The van der Waals surface area contributed by atoms with E-state index in [1.165, 1.54) is 18.5 Å². The van der Waals surface area contributed by atoms with Crippen molar-refractivity contribution in [3.05, 3.63) is 64.3 Å². The fourth-order valence-corrected chi connectivity index (χ4v) is 2.99. The third-order valence-electron chi connectivity index (χ3n) is 3.91. The molecule has 0 fully saturated rings. The topological polar surface area (TPSA) is 91.3 Å². The Bertz CT molecular complexity index is 1130. The summed E-state index contributed by atoms with van der Waals surface area (Å²) in [6.45, 7) is 1.88. The summed E-state index contributed by atoms with van der Waals surface area (Å²) in [6, 6.07) is 7.29. The summed E-state index contributed by atoms with van der Waals surface area (Å²) in [5, 5.41) is 0.401. The van der Waals surface area contributed by atoms with Gasteiger partial charge in [0.05, 0.1) is 22.3 Å². The van der Waals surface area contributed by atoms with Crippen LogP contribution in [0.4, 0.5) is 4.39 Å². The average Bonchev–Trinajstić information content (AvgIpc) is 2.70. The summed E-state index contributed by atoms with van der Waals surface area (Å²) >= 11 is 12.0. The number of nitrogens with zero attached hydrogens (tertiary/aromatic N) is 3. The maximum Gasteiger partial charge on any atom is 0.313 e. The largest absolute Gasteiger partial charge is 0.466 e. The molecule has 3 rings (SSSR count). The number of ether oxygens (including phenoxy) is 2. The van der Waals surface area contributed by atoms with E-state index in [4.69, 9.17) is 32.7 Å². The van der Waals surface area contributed by atoms with Crippen LogP contribution in [-0.4, -0.2) is 33.3 Å². The zero-order valence-electron chi connectivity index (χ0n) is 16.3. The molecule has 7 nitrogen and oxygen atoms in total. The molecule has 0 radical (unpaired) electrons. The molecule has 10 heteroatoms. The molecule has 3 aromatic rings. The first-order valence-corrected chi connectivity index (χ1v) is 9.89. The molecule has 0 aliphatic heterocycles. The second kappa shape index (κ2) is 10.3. The van der Waals surface area contributed by atoms with Crippen molar-refractivity contribution in [3.63, 3.8) is 0 Å². The Labute approximate surface area is 187 Å². The molecule has 0 saturated heterocycles. The SMILES string of the molecule is CCOC(=O)CC(=O)Cc1ccnc(-c2ccc(Oc3ncc(Cl)cc3F)cc2Cl)n1. The summed E-state index contributed by atoms with van der Waals surface area (Å²) < 4.78 is 24.1. The molecular weight excluding hydrogens is 448 g/mol. The van der Waals surface area contributed by atoms with E-state index in [9.17, 15) is 14.0 Å². The molecule has 0 spiro atoms. The monoisotopic (exact) mass is 463 g/mol. The third-order valence-corrected chi connectivity index (χ3v) is 4.43. The first-order valence-electron chi connectivity index (χ1n) is 9.13. The summed E-state index contributed by atoms with van der Waals surface area (Å²) in [5.41, 5.74) is 0.918. The molecule has 0 N–H and O–H groups in total. The fraction of sp³-hybridized carbons (Fsp3) is 0.190. The van der Waals surface area contributed by atoms with E-state index in [0.29, 0.717) is 11.3 Å².